The predicted molar refractivity (Wildman–Crippen MR) is 101 cm³/mol. The van der Waals surface area contributed by atoms with Crippen molar-refractivity contribution in [3.8, 4) is 0 Å². The zero-order chi connectivity index (χ0) is 20.1. The molecule has 0 amide bonds. The Morgan fingerprint density at radius 2 is 1.04 bits per heavy atom. The van der Waals surface area contributed by atoms with E-state index >= 15 is 0 Å². The van der Waals surface area contributed by atoms with Gasteiger partial charge in [0.05, 0.1) is 12.3 Å². The Morgan fingerprint density at radius 3 is 1.17 bits per heavy atom. The molecule has 1 aliphatic heterocycles. The normalized spacial score (nSPS) is 13.3. The molecule has 0 N–H and O–H groups in total. The van der Waals surface area contributed by atoms with Gasteiger partial charge in [-0.25, -0.2) is 0 Å². The van der Waals surface area contributed by atoms with Gasteiger partial charge in [-0.15, -0.1) is 0 Å². The molecule has 1 fully saturated rings. The Kier molecular flexibility index (Phi) is 34.3. The van der Waals surface area contributed by atoms with Crippen molar-refractivity contribution < 1.29 is 29.8 Å². The van der Waals surface area contributed by atoms with Crippen LogP contribution in [0, 0.1) is 20.0 Å². The van der Waals surface area contributed by atoms with Crippen LogP contribution in [0.4, 0.5) is 0 Å². The first-order chi connectivity index (χ1) is 11.4. The van der Waals surface area contributed by atoms with Crippen LogP contribution >= 0.6 is 15.8 Å². The molecule has 8 heteroatoms. The summed E-state index contributed by atoms with van der Waals surface area (Å²) in [7, 11) is 0.191. The third-order valence-electron chi connectivity index (χ3n) is 3.07. The summed E-state index contributed by atoms with van der Waals surface area (Å²) in [6, 6.07) is 0. The first-order valence-electron chi connectivity index (χ1n) is 7.65. The zero-order valence-electron chi connectivity index (χ0n) is 15.8. The molecule has 5 nitrogen and oxygen atoms in total. The van der Waals surface area contributed by atoms with E-state index in [1.54, 1.807) is 0 Å². The van der Waals surface area contributed by atoms with Crippen LogP contribution < -0.4 is 0 Å². The van der Waals surface area contributed by atoms with Crippen molar-refractivity contribution >= 4 is 20.5 Å². The van der Waals surface area contributed by atoms with E-state index in [1.807, 2.05) is 0 Å². The number of hydrogen-bond acceptors (Lipinski definition) is 2. The molecule has 0 aliphatic carbocycles. The second kappa shape index (κ2) is 25.6. The maximum absolute atomic E-state index is 7.50. The van der Waals surface area contributed by atoms with E-state index in [4.69, 9.17) is 14.0 Å². The Labute approximate surface area is 159 Å². The van der Waals surface area contributed by atoms with Crippen LogP contribution in [-0.2, 0) is 29.8 Å². The summed E-state index contributed by atoms with van der Waals surface area (Å²) in [4.78, 5) is 4.73. The van der Waals surface area contributed by atoms with E-state index in [-0.39, 0.29) is 15.8 Å². The van der Waals surface area contributed by atoms with Gasteiger partial charge in [-0.2, -0.15) is 0 Å². The van der Waals surface area contributed by atoms with Crippen LogP contribution in [-0.4, -0.2) is 79.6 Å². The van der Waals surface area contributed by atoms with Gasteiger partial charge < -0.3 is 0 Å². The Hall–Kier alpha value is 0.402. The molecule has 138 valence electrons. The van der Waals surface area contributed by atoms with Gasteiger partial charge in [-0.3, -0.25) is 0 Å². The average molecular weight is 414 g/mol. The Bertz CT molecular complexity index is 312. The molecule has 0 saturated carbocycles. The fourth-order valence-electron chi connectivity index (χ4n) is 1.72. The van der Waals surface area contributed by atoms with Gasteiger partial charge in [-0.1, -0.05) is 0 Å². The number of likely N-dealkylation sites (N-methyl/N-ethyl adjacent to an activating group) is 2. The van der Waals surface area contributed by atoms with Gasteiger partial charge in [0, 0.05) is 26.7 Å². The quantitative estimate of drug-likeness (QED) is 0.393. The predicted octanol–water partition coefficient (Wildman–Crippen LogP) is 2.10. The summed E-state index contributed by atoms with van der Waals surface area (Å²) in [5.41, 5.74) is 0. The van der Waals surface area contributed by atoms with Gasteiger partial charge in [0.1, 0.15) is 0 Å². The first-order valence-corrected chi connectivity index (χ1v) is 13.7. The van der Waals surface area contributed by atoms with Gasteiger partial charge in [0.15, 0.2) is 0 Å². The van der Waals surface area contributed by atoms with Gasteiger partial charge in [-0.05, 0) is 15.8 Å². The van der Waals surface area contributed by atoms with Crippen molar-refractivity contribution in [2.24, 2.45) is 0 Å². The van der Waals surface area contributed by atoms with E-state index in [9.17, 15) is 0 Å². The van der Waals surface area contributed by atoms with Crippen LogP contribution in [0.2, 0.25) is 0 Å². The molecule has 0 aromatic rings. The van der Waals surface area contributed by atoms with Crippen molar-refractivity contribution in [1.29, 1.82) is 0 Å². The summed E-state index contributed by atoms with van der Waals surface area (Å²) >= 11 is 3.11. The molecule has 1 rings (SSSR count). The molecule has 0 atom stereocenters. The third kappa shape index (κ3) is 20.4. The van der Waals surface area contributed by atoms with Crippen molar-refractivity contribution in [2.75, 3.05) is 65.2 Å². The van der Waals surface area contributed by atoms with E-state index in [2.05, 4.69) is 86.1 Å². The standard InChI is InChI=1S/C7H14N2.C6H16P2.3CO.Cr/c1-3-8-5-6-9(4-2)7-8;1-7(2)5-6-8(3)4;3*1-2;/h3-6H2,1-2H3;5-6H2,1-4H3;;;;/p+2. The molecule has 0 spiro atoms. The summed E-state index contributed by atoms with van der Waals surface area (Å²) < 4.78 is 23.8. The molecular weight excluding hydrogens is 382 g/mol. The zero-order valence-corrected chi connectivity index (χ0v) is 19.0. The first kappa shape index (κ1) is 32.1. The summed E-state index contributed by atoms with van der Waals surface area (Å²) in [6.45, 7) is 32.1. The molecule has 1 aliphatic rings. The number of rotatable bonds is 5. The Morgan fingerprint density at radius 1 is 0.792 bits per heavy atom. The number of hydrogen-bond donors (Lipinski definition) is 0. The third-order valence-corrected chi connectivity index (χ3v) is 6.88. The fraction of sp³-hybridized carbons (Fsp3) is 0.750. The van der Waals surface area contributed by atoms with Gasteiger partial charge in [0.2, 0.25) is 0 Å². The van der Waals surface area contributed by atoms with E-state index in [0.717, 1.165) is 13.1 Å². The minimum atomic E-state index is 0.0957. The van der Waals surface area contributed by atoms with Crippen LogP contribution in [0.15, 0.2) is 0 Å². The molecular formula is C16H32CrN2O3P2+2. The van der Waals surface area contributed by atoms with Crippen LogP contribution in [0.1, 0.15) is 13.8 Å². The van der Waals surface area contributed by atoms with Crippen LogP contribution in [0.25, 0.3) is 0 Å². The topological polar surface area (TPSA) is 66.2 Å². The molecule has 1 heterocycles. The molecule has 0 aromatic heterocycles. The number of nitrogens with zero attached hydrogens (tertiary/aromatic N) is 2. The molecule has 1 saturated heterocycles. The van der Waals surface area contributed by atoms with Crippen molar-refractivity contribution in [3.05, 3.63) is 20.0 Å². The van der Waals surface area contributed by atoms with Crippen LogP contribution in [0.3, 0.4) is 0 Å². The van der Waals surface area contributed by atoms with Gasteiger partial charge >= 0.3 is 104 Å². The second-order valence-corrected chi connectivity index (χ2v) is 11.8. The SMILES string of the molecule is CCN1CCN(CC)[C]1=[Cr].C[PH+](C)CC[PH+](C)C.[C-]#[O+].[C-]#[O+].[C-]#[O+]. The van der Waals surface area contributed by atoms with Crippen LogP contribution in [0.5, 0.6) is 0 Å². The summed E-state index contributed by atoms with van der Waals surface area (Å²) in [6.07, 6.45) is 3.07. The van der Waals surface area contributed by atoms with E-state index < -0.39 is 0 Å². The van der Waals surface area contributed by atoms with Crippen molar-refractivity contribution in [2.45, 2.75) is 13.8 Å². The Balaban J connectivity index is -0.000000129. The maximum atomic E-state index is 7.50. The van der Waals surface area contributed by atoms with Gasteiger partial charge in [0.25, 0.3) is 0 Å². The molecule has 0 unspecified atom stereocenters. The van der Waals surface area contributed by atoms with Crippen molar-refractivity contribution in [3.63, 3.8) is 0 Å². The summed E-state index contributed by atoms with van der Waals surface area (Å²) in [5, 5.41) is 0. The van der Waals surface area contributed by atoms with E-state index in [0.29, 0.717) is 0 Å². The molecule has 0 radical (unpaired) electrons. The minimum absolute atomic E-state index is 0.0957. The molecule has 0 bridgehead atoms. The van der Waals surface area contributed by atoms with E-state index in [1.165, 1.54) is 30.0 Å². The molecule has 24 heavy (non-hydrogen) atoms. The molecule has 0 aromatic carbocycles. The fourth-order valence-corrected chi connectivity index (χ4v) is 6.41. The summed E-state index contributed by atoms with van der Waals surface area (Å²) in [5.74, 6) is 0. The average Bonchev–Trinajstić information content (AvgIpc) is 2.98. The monoisotopic (exact) mass is 414 g/mol. The van der Waals surface area contributed by atoms with Crippen molar-refractivity contribution in [1.82, 2.24) is 9.80 Å². The second-order valence-electron chi connectivity index (χ2n) is 5.36.